The van der Waals surface area contributed by atoms with Crippen LogP contribution in [0.2, 0.25) is 0 Å². The van der Waals surface area contributed by atoms with Crippen LogP contribution >= 0.6 is 0 Å². The van der Waals surface area contributed by atoms with Crippen molar-refractivity contribution >= 4 is 5.97 Å². The lowest BCUT2D eigenvalue weighted by molar-refractivity contribution is -0.150. The van der Waals surface area contributed by atoms with Gasteiger partial charge in [0.25, 0.3) is 0 Å². The van der Waals surface area contributed by atoms with Gasteiger partial charge in [-0.3, -0.25) is 4.79 Å². The van der Waals surface area contributed by atoms with Crippen molar-refractivity contribution in [3.8, 4) is 0 Å². The Bertz CT molecular complexity index is 378. The molecule has 0 amide bonds. The van der Waals surface area contributed by atoms with Gasteiger partial charge in [0.15, 0.2) is 0 Å². The fraction of sp³-hybridized carbons (Fsp3) is 0.588. The van der Waals surface area contributed by atoms with Crippen molar-refractivity contribution in [1.29, 1.82) is 0 Å². The van der Waals surface area contributed by atoms with Crippen LogP contribution in [0, 0.1) is 0 Å². The van der Waals surface area contributed by atoms with E-state index >= 15 is 0 Å². The summed E-state index contributed by atoms with van der Waals surface area (Å²) in [7, 11) is 0. The van der Waals surface area contributed by atoms with E-state index in [0.717, 1.165) is 18.4 Å². The van der Waals surface area contributed by atoms with Crippen LogP contribution in [0.3, 0.4) is 0 Å². The van der Waals surface area contributed by atoms with E-state index in [2.05, 4.69) is 6.92 Å². The second-order valence-corrected chi connectivity index (χ2v) is 5.39. The number of carbonyl (C=O) groups is 1. The molecule has 2 N–H and O–H groups in total. The summed E-state index contributed by atoms with van der Waals surface area (Å²) in [4.78, 5) is 11.9. The molecule has 112 valence electrons. The van der Waals surface area contributed by atoms with E-state index in [1.807, 2.05) is 37.3 Å². The van der Waals surface area contributed by atoms with Gasteiger partial charge in [0, 0.05) is 0 Å². The summed E-state index contributed by atoms with van der Waals surface area (Å²) in [5.41, 5.74) is 6.96. The second kappa shape index (κ2) is 9.54. The highest BCUT2D eigenvalue weighted by atomic mass is 16.5. The first-order chi connectivity index (χ1) is 9.63. The molecule has 3 nitrogen and oxygen atoms in total. The van der Waals surface area contributed by atoms with Gasteiger partial charge >= 0.3 is 5.97 Å². The van der Waals surface area contributed by atoms with Crippen molar-refractivity contribution in [3.05, 3.63) is 35.9 Å². The number of rotatable bonds is 9. The molecule has 0 radical (unpaired) electrons. The van der Waals surface area contributed by atoms with Gasteiger partial charge in [-0.05, 0) is 31.7 Å². The van der Waals surface area contributed by atoms with E-state index in [4.69, 9.17) is 10.5 Å². The Morgan fingerprint density at radius 2 is 1.90 bits per heavy atom. The highest BCUT2D eigenvalue weighted by Gasteiger charge is 2.18. The number of ether oxygens (including phenoxy) is 1. The molecule has 0 aliphatic rings. The fourth-order valence-electron chi connectivity index (χ4n) is 2.15. The topological polar surface area (TPSA) is 52.3 Å². The third-order valence-electron chi connectivity index (χ3n) is 3.38. The lowest BCUT2D eigenvalue weighted by Crippen LogP contribution is -2.36. The molecule has 2 unspecified atom stereocenters. The van der Waals surface area contributed by atoms with Gasteiger partial charge in [0.05, 0.1) is 6.10 Å². The first kappa shape index (κ1) is 16.7. The Kier molecular flexibility index (Phi) is 7.97. The lowest BCUT2D eigenvalue weighted by Gasteiger charge is -2.16. The molecule has 2 atom stereocenters. The molecule has 3 heteroatoms. The molecular formula is C17H27NO2. The largest absolute Gasteiger partial charge is 0.462 e. The smallest absolute Gasteiger partial charge is 0.323 e. The molecule has 0 aliphatic heterocycles. The SMILES string of the molecule is CCCCCCC(C)OC(=O)C(N)Cc1ccccc1. The first-order valence-electron chi connectivity index (χ1n) is 7.63. The number of carbonyl (C=O) groups excluding carboxylic acids is 1. The first-order valence-corrected chi connectivity index (χ1v) is 7.63. The molecule has 0 fully saturated rings. The lowest BCUT2D eigenvalue weighted by atomic mass is 10.1. The van der Waals surface area contributed by atoms with Crippen LogP contribution in [0.25, 0.3) is 0 Å². The third kappa shape index (κ3) is 6.71. The Morgan fingerprint density at radius 1 is 1.20 bits per heavy atom. The molecule has 0 aromatic heterocycles. The zero-order valence-corrected chi connectivity index (χ0v) is 12.7. The fourth-order valence-corrected chi connectivity index (χ4v) is 2.15. The minimum absolute atomic E-state index is 0.0406. The Morgan fingerprint density at radius 3 is 2.55 bits per heavy atom. The van der Waals surface area contributed by atoms with Gasteiger partial charge in [-0.1, -0.05) is 56.5 Å². The van der Waals surface area contributed by atoms with E-state index in [-0.39, 0.29) is 12.1 Å². The molecule has 1 rings (SSSR count). The summed E-state index contributed by atoms with van der Waals surface area (Å²) >= 11 is 0. The molecule has 0 bridgehead atoms. The van der Waals surface area contributed by atoms with E-state index in [1.54, 1.807) is 0 Å². The van der Waals surface area contributed by atoms with Crippen molar-refractivity contribution in [3.63, 3.8) is 0 Å². The van der Waals surface area contributed by atoms with Crippen molar-refractivity contribution in [2.45, 2.75) is 64.5 Å². The molecule has 0 saturated carbocycles. The number of hydrogen-bond donors (Lipinski definition) is 1. The molecular weight excluding hydrogens is 250 g/mol. The Labute approximate surface area is 122 Å². The predicted molar refractivity (Wildman–Crippen MR) is 82.4 cm³/mol. The van der Waals surface area contributed by atoms with Crippen molar-refractivity contribution in [1.82, 2.24) is 0 Å². The van der Waals surface area contributed by atoms with E-state index in [1.165, 1.54) is 19.3 Å². The highest BCUT2D eigenvalue weighted by molar-refractivity contribution is 5.76. The van der Waals surface area contributed by atoms with Crippen LogP contribution in [-0.4, -0.2) is 18.1 Å². The number of hydrogen-bond acceptors (Lipinski definition) is 3. The van der Waals surface area contributed by atoms with Gasteiger partial charge in [-0.2, -0.15) is 0 Å². The minimum atomic E-state index is -0.574. The van der Waals surface area contributed by atoms with Crippen LogP contribution < -0.4 is 5.73 Å². The van der Waals surface area contributed by atoms with E-state index in [0.29, 0.717) is 6.42 Å². The summed E-state index contributed by atoms with van der Waals surface area (Å²) < 4.78 is 5.40. The van der Waals surface area contributed by atoms with Gasteiger partial charge in [-0.25, -0.2) is 0 Å². The number of benzene rings is 1. The maximum absolute atomic E-state index is 11.9. The van der Waals surface area contributed by atoms with Crippen LogP contribution in [0.5, 0.6) is 0 Å². The molecule has 0 heterocycles. The summed E-state index contributed by atoms with van der Waals surface area (Å²) in [6, 6.07) is 9.22. The molecule has 0 aliphatic carbocycles. The zero-order chi connectivity index (χ0) is 14.8. The average molecular weight is 277 g/mol. The van der Waals surface area contributed by atoms with Crippen LogP contribution in [0.1, 0.15) is 51.5 Å². The standard InChI is InChI=1S/C17H27NO2/c1-3-4-5-7-10-14(2)20-17(19)16(18)13-15-11-8-6-9-12-15/h6,8-9,11-12,14,16H,3-5,7,10,13,18H2,1-2H3. The van der Waals surface area contributed by atoms with Gasteiger partial charge < -0.3 is 10.5 Å². The summed E-state index contributed by atoms with van der Waals surface area (Å²) in [6.45, 7) is 4.13. The normalized spacial score (nSPS) is 13.8. The molecule has 1 aromatic rings. The number of unbranched alkanes of at least 4 members (excludes halogenated alkanes) is 3. The number of nitrogens with two attached hydrogens (primary N) is 1. The van der Waals surface area contributed by atoms with E-state index < -0.39 is 6.04 Å². The summed E-state index contributed by atoms with van der Waals surface area (Å²) in [5, 5.41) is 0. The predicted octanol–water partition coefficient (Wildman–Crippen LogP) is 3.46. The Balaban J connectivity index is 2.27. The second-order valence-electron chi connectivity index (χ2n) is 5.39. The summed E-state index contributed by atoms with van der Waals surface area (Å²) in [6.07, 6.45) is 6.18. The quantitative estimate of drug-likeness (QED) is 0.555. The minimum Gasteiger partial charge on any atom is -0.462 e. The highest BCUT2D eigenvalue weighted by Crippen LogP contribution is 2.09. The molecule has 0 spiro atoms. The van der Waals surface area contributed by atoms with Crippen LogP contribution in [0.4, 0.5) is 0 Å². The van der Waals surface area contributed by atoms with Crippen molar-refractivity contribution < 1.29 is 9.53 Å². The number of esters is 1. The molecule has 20 heavy (non-hydrogen) atoms. The van der Waals surface area contributed by atoms with Crippen molar-refractivity contribution in [2.75, 3.05) is 0 Å². The monoisotopic (exact) mass is 277 g/mol. The molecule has 1 aromatic carbocycles. The van der Waals surface area contributed by atoms with Gasteiger partial charge in [0.1, 0.15) is 6.04 Å². The maximum Gasteiger partial charge on any atom is 0.323 e. The molecule has 0 saturated heterocycles. The van der Waals surface area contributed by atoms with Gasteiger partial charge in [0.2, 0.25) is 0 Å². The van der Waals surface area contributed by atoms with Crippen LogP contribution in [0.15, 0.2) is 30.3 Å². The van der Waals surface area contributed by atoms with Gasteiger partial charge in [-0.15, -0.1) is 0 Å². The maximum atomic E-state index is 11.9. The third-order valence-corrected chi connectivity index (χ3v) is 3.38. The summed E-state index contributed by atoms with van der Waals surface area (Å²) in [5.74, 6) is -0.295. The van der Waals surface area contributed by atoms with E-state index in [9.17, 15) is 4.79 Å². The van der Waals surface area contributed by atoms with Crippen molar-refractivity contribution in [2.24, 2.45) is 5.73 Å². The Hall–Kier alpha value is -1.35. The van der Waals surface area contributed by atoms with Crippen LogP contribution in [-0.2, 0) is 16.0 Å². The average Bonchev–Trinajstić information content (AvgIpc) is 2.44. The zero-order valence-electron chi connectivity index (χ0n) is 12.7.